The SMILES string of the molecule is CC(C)C(=O)c1ccc(-c2[c-]cc3ccccc3c2)nc1.[CH3-].[Ir]. The van der Waals surface area contributed by atoms with Crippen LogP contribution in [0.15, 0.2) is 54.7 Å². The summed E-state index contributed by atoms with van der Waals surface area (Å²) in [5, 5.41) is 2.32. The fourth-order valence-corrected chi connectivity index (χ4v) is 2.31. The molecule has 3 heteroatoms. The number of carbonyl (C=O) groups is 1. The molecule has 0 fully saturated rings. The molecule has 1 radical (unpaired) electrons. The van der Waals surface area contributed by atoms with E-state index in [-0.39, 0.29) is 39.2 Å². The third-order valence-electron chi connectivity index (χ3n) is 3.53. The second-order valence-corrected chi connectivity index (χ2v) is 5.43. The summed E-state index contributed by atoms with van der Waals surface area (Å²) in [5.41, 5.74) is 2.44. The first-order valence-electron chi connectivity index (χ1n) is 7.06. The van der Waals surface area contributed by atoms with Crippen LogP contribution in [0.1, 0.15) is 24.2 Å². The molecule has 0 aliphatic rings. The number of aromatic nitrogens is 1. The zero-order valence-electron chi connectivity index (χ0n) is 13.5. The largest absolute Gasteiger partial charge is 0.358 e. The van der Waals surface area contributed by atoms with Crippen LogP contribution in [0, 0.1) is 19.4 Å². The predicted octanol–water partition coefficient (Wildman–Crippen LogP) is 4.99. The van der Waals surface area contributed by atoms with E-state index < -0.39 is 0 Å². The Hall–Kier alpha value is -1.83. The van der Waals surface area contributed by atoms with Gasteiger partial charge in [-0.2, -0.15) is 0 Å². The minimum absolute atomic E-state index is 0. The quantitative estimate of drug-likeness (QED) is 0.390. The third kappa shape index (κ3) is 4.13. The Morgan fingerprint density at radius 3 is 2.39 bits per heavy atom. The fourth-order valence-electron chi connectivity index (χ4n) is 2.31. The maximum absolute atomic E-state index is 11.9. The van der Waals surface area contributed by atoms with Gasteiger partial charge >= 0.3 is 0 Å². The molecule has 0 atom stereocenters. The van der Waals surface area contributed by atoms with Crippen LogP contribution in [0.5, 0.6) is 0 Å². The summed E-state index contributed by atoms with van der Waals surface area (Å²) in [6.07, 6.45) is 1.65. The van der Waals surface area contributed by atoms with Gasteiger partial charge in [0.2, 0.25) is 0 Å². The Bertz CT molecular complexity index is 794. The van der Waals surface area contributed by atoms with Crippen molar-refractivity contribution in [2.24, 2.45) is 5.92 Å². The predicted molar refractivity (Wildman–Crippen MR) is 91.6 cm³/mol. The Kier molecular flexibility index (Phi) is 6.80. The number of pyridine rings is 1. The van der Waals surface area contributed by atoms with Crippen molar-refractivity contribution in [1.82, 2.24) is 4.98 Å². The molecule has 0 unspecified atom stereocenters. The van der Waals surface area contributed by atoms with Gasteiger partial charge in [0.25, 0.3) is 0 Å². The summed E-state index contributed by atoms with van der Waals surface area (Å²) < 4.78 is 0. The van der Waals surface area contributed by atoms with Gasteiger partial charge in [-0.1, -0.05) is 55.6 Å². The van der Waals surface area contributed by atoms with Crippen LogP contribution in [-0.4, -0.2) is 10.8 Å². The minimum atomic E-state index is -0.00937. The maximum atomic E-state index is 11.9. The van der Waals surface area contributed by atoms with E-state index in [0.717, 1.165) is 22.0 Å². The first-order valence-corrected chi connectivity index (χ1v) is 7.06. The van der Waals surface area contributed by atoms with E-state index in [1.807, 2.05) is 44.2 Å². The topological polar surface area (TPSA) is 30.0 Å². The number of carbonyl (C=O) groups excluding carboxylic acids is 1. The number of rotatable bonds is 3. The van der Waals surface area contributed by atoms with Crippen LogP contribution in [0.3, 0.4) is 0 Å². The summed E-state index contributed by atoms with van der Waals surface area (Å²) in [7, 11) is 0. The summed E-state index contributed by atoms with van der Waals surface area (Å²) in [4.78, 5) is 16.3. The monoisotopic (exact) mass is 482 g/mol. The molecule has 23 heavy (non-hydrogen) atoms. The van der Waals surface area contributed by atoms with E-state index in [1.165, 1.54) is 0 Å². The number of hydrogen-bond acceptors (Lipinski definition) is 2. The number of nitrogens with zero attached hydrogens (tertiary/aromatic N) is 1. The van der Waals surface area contributed by atoms with E-state index in [9.17, 15) is 4.79 Å². The second-order valence-electron chi connectivity index (χ2n) is 5.43. The summed E-state index contributed by atoms with van der Waals surface area (Å²) >= 11 is 0. The molecule has 0 N–H and O–H groups in total. The normalized spacial score (nSPS) is 10.0. The molecule has 2 nitrogen and oxygen atoms in total. The van der Waals surface area contributed by atoms with Gasteiger partial charge in [0.15, 0.2) is 5.78 Å². The van der Waals surface area contributed by atoms with Crippen molar-refractivity contribution < 1.29 is 24.9 Å². The molecule has 3 aromatic rings. The molecule has 121 valence electrons. The molecular formula is C20H19IrNO-2. The molecule has 0 spiro atoms. The van der Waals surface area contributed by atoms with Gasteiger partial charge < -0.3 is 12.4 Å². The number of Topliss-reactive ketones (excluding diaryl/α,β-unsaturated/α-hetero) is 1. The van der Waals surface area contributed by atoms with Crippen LogP contribution in [0.4, 0.5) is 0 Å². The molecule has 3 rings (SSSR count). The molecule has 0 aliphatic carbocycles. The summed E-state index contributed by atoms with van der Waals surface area (Å²) in [6, 6.07) is 19.2. The van der Waals surface area contributed by atoms with Gasteiger partial charge in [0.1, 0.15) is 0 Å². The van der Waals surface area contributed by atoms with Gasteiger partial charge in [0, 0.05) is 37.8 Å². The molecule has 1 heterocycles. The number of fused-ring (bicyclic) bond motifs is 1. The summed E-state index contributed by atoms with van der Waals surface area (Å²) in [6.45, 7) is 3.79. The summed E-state index contributed by atoms with van der Waals surface area (Å²) in [5.74, 6) is 0.112. The van der Waals surface area contributed by atoms with Crippen LogP contribution in [0.25, 0.3) is 22.0 Å². The molecule has 2 aromatic carbocycles. The zero-order valence-corrected chi connectivity index (χ0v) is 15.9. The van der Waals surface area contributed by atoms with Crippen molar-refractivity contribution in [2.45, 2.75) is 13.8 Å². The van der Waals surface area contributed by atoms with Crippen molar-refractivity contribution in [3.63, 3.8) is 0 Å². The second kappa shape index (κ2) is 8.14. The Balaban J connectivity index is 0.00000132. The van der Waals surface area contributed by atoms with Crippen molar-refractivity contribution in [1.29, 1.82) is 0 Å². The van der Waals surface area contributed by atoms with E-state index in [1.54, 1.807) is 6.20 Å². The van der Waals surface area contributed by atoms with Gasteiger partial charge in [-0.3, -0.25) is 4.79 Å². The first kappa shape index (κ1) is 19.2. The fraction of sp³-hybridized carbons (Fsp3) is 0.150. The number of hydrogen-bond donors (Lipinski definition) is 0. The van der Waals surface area contributed by atoms with E-state index in [0.29, 0.717) is 5.56 Å². The molecule has 1 aromatic heterocycles. The van der Waals surface area contributed by atoms with Crippen molar-refractivity contribution >= 4 is 16.6 Å². The standard InChI is InChI=1S/C19H16NO.CH3.Ir/c1-13(2)19(21)17-9-10-18(20-12-17)16-8-7-14-5-3-4-6-15(14)11-16;;/h3-7,9-13H,1-2H3;1H3;/q2*-1;. The molecule has 0 saturated heterocycles. The Morgan fingerprint density at radius 1 is 1.09 bits per heavy atom. The molecule has 0 aliphatic heterocycles. The Morgan fingerprint density at radius 2 is 1.78 bits per heavy atom. The molecule has 0 bridgehead atoms. The third-order valence-corrected chi connectivity index (χ3v) is 3.53. The van der Waals surface area contributed by atoms with Gasteiger partial charge in [-0.05, 0) is 5.69 Å². The van der Waals surface area contributed by atoms with Gasteiger partial charge in [-0.15, -0.1) is 29.1 Å². The van der Waals surface area contributed by atoms with Crippen molar-refractivity contribution in [3.05, 3.63) is 73.8 Å². The van der Waals surface area contributed by atoms with Crippen LogP contribution in [0.2, 0.25) is 0 Å². The molecule has 0 saturated carbocycles. The maximum Gasteiger partial charge on any atom is 0.166 e. The van der Waals surface area contributed by atoms with Gasteiger partial charge in [-0.25, -0.2) is 0 Å². The minimum Gasteiger partial charge on any atom is -0.358 e. The average molecular weight is 482 g/mol. The average Bonchev–Trinajstić information content (AvgIpc) is 2.54. The first-order chi connectivity index (χ1) is 10.1. The van der Waals surface area contributed by atoms with E-state index in [4.69, 9.17) is 0 Å². The Labute approximate surface area is 151 Å². The smallest absolute Gasteiger partial charge is 0.166 e. The van der Waals surface area contributed by atoms with Crippen molar-refractivity contribution in [2.75, 3.05) is 0 Å². The van der Waals surface area contributed by atoms with Crippen LogP contribution >= 0.6 is 0 Å². The number of ketones is 1. The van der Waals surface area contributed by atoms with E-state index in [2.05, 4.69) is 29.2 Å². The molecular weight excluding hydrogens is 462 g/mol. The van der Waals surface area contributed by atoms with Crippen LogP contribution in [-0.2, 0) is 20.1 Å². The van der Waals surface area contributed by atoms with E-state index >= 15 is 0 Å². The number of benzene rings is 2. The van der Waals surface area contributed by atoms with Crippen molar-refractivity contribution in [3.8, 4) is 11.3 Å². The zero-order chi connectivity index (χ0) is 14.8. The molecule has 0 amide bonds. The van der Waals surface area contributed by atoms with Crippen LogP contribution < -0.4 is 0 Å². The van der Waals surface area contributed by atoms with Gasteiger partial charge in [0.05, 0.1) is 0 Å².